The molecule has 1 aromatic carbocycles. The van der Waals surface area contributed by atoms with Crippen LogP contribution in [0.25, 0.3) is 0 Å². The number of benzene rings is 1. The molecule has 0 bridgehead atoms. The standard InChI is InChI=1S/C27H36N4O4/c1-19(2)16-29-17-21(26(33)28-20-8-4-5-9-20)25(32)22(18-29)27(34)31-14-12-30(13-15-31)23-10-6-7-11-24(23)35-3/h6-7,10-11,17-20H,4-5,8-9,12-16H2,1-3H3,(H,28,33). The van der Waals surface area contributed by atoms with Crippen molar-refractivity contribution in [2.75, 3.05) is 38.2 Å². The summed E-state index contributed by atoms with van der Waals surface area (Å²) in [6.07, 6.45) is 7.25. The first-order valence-corrected chi connectivity index (χ1v) is 12.6. The van der Waals surface area contributed by atoms with Crippen LogP contribution in [0.4, 0.5) is 5.69 Å². The molecule has 8 nitrogen and oxygen atoms in total. The number of para-hydroxylation sites is 2. The number of piperazine rings is 1. The van der Waals surface area contributed by atoms with Gasteiger partial charge in [-0.1, -0.05) is 38.8 Å². The maximum Gasteiger partial charge on any atom is 0.259 e. The highest BCUT2D eigenvalue weighted by Crippen LogP contribution is 2.28. The Morgan fingerprint density at radius 3 is 2.34 bits per heavy atom. The molecule has 0 unspecified atom stereocenters. The van der Waals surface area contributed by atoms with Crippen molar-refractivity contribution in [2.24, 2.45) is 5.92 Å². The van der Waals surface area contributed by atoms with Gasteiger partial charge in [-0.2, -0.15) is 0 Å². The molecular weight excluding hydrogens is 444 g/mol. The van der Waals surface area contributed by atoms with Gasteiger partial charge in [-0.15, -0.1) is 0 Å². The second-order valence-corrected chi connectivity index (χ2v) is 9.91. The summed E-state index contributed by atoms with van der Waals surface area (Å²) in [5.74, 6) is 0.401. The van der Waals surface area contributed by atoms with Crippen LogP contribution in [0.2, 0.25) is 0 Å². The zero-order valence-electron chi connectivity index (χ0n) is 21.0. The van der Waals surface area contributed by atoms with Crippen LogP contribution < -0.4 is 20.4 Å². The minimum atomic E-state index is -0.488. The smallest absolute Gasteiger partial charge is 0.259 e. The fraction of sp³-hybridized carbons (Fsp3) is 0.519. The van der Waals surface area contributed by atoms with E-state index in [1.165, 1.54) is 0 Å². The van der Waals surface area contributed by atoms with Gasteiger partial charge in [0.05, 0.1) is 12.8 Å². The van der Waals surface area contributed by atoms with Gasteiger partial charge in [-0.25, -0.2) is 0 Å². The maximum atomic E-state index is 13.5. The summed E-state index contributed by atoms with van der Waals surface area (Å²) in [6.45, 7) is 6.98. The van der Waals surface area contributed by atoms with Crippen LogP contribution in [-0.2, 0) is 6.54 Å². The molecule has 4 rings (SSSR count). The molecule has 2 aliphatic rings. The summed E-state index contributed by atoms with van der Waals surface area (Å²) in [4.78, 5) is 43.7. The molecule has 1 aliphatic carbocycles. The van der Waals surface area contributed by atoms with E-state index in [1.54, 1.807) is 24.4 Å². The number of hydrogen-bond acceptors (Lipinski definition) is 5. The van der Waals surface area contributed by atoms with Gasteiger partial charge >= 0.3 is 0 Å². The number of pyridine rings is 1. The number of amides is 2. The molecule has 35 heavy (non-hydrogen) atoms. The summed E-state index contributed by atoms with van der Waals surface area (Å²) >= 11 is 0. The van der Waals surface area contributed by atoms with Crippen molar-refractivity contribution < 1.29 is 14.3 Å². The molecule has 1 aromatic heterocycles. The van der Waals surface area contributed by atoms with Crippen LogP contribution in [0.15, 0.2) is 41.5 Å². The maximum absolute atomic E-state index is 13.5. The van der Waals surface area contributed by atoms with E-state index in [1.807, 2.05) is 28.8 Å². The largest absolute Gasteiger partial charge is 0.495 e. The first-order valence-electron chi connectivity index (χ1n) is 12.6. The zero-order valence-corrected chi connectivity index (χ0v) is 21.0. The second-order valence-electron chi connectivity index (χ2n) is 9.91. The van der Waals surface area contributed by atoms with E-state index in [9.17, 15) is 14.4 Å². The lowest BCUT2D eigenvalue weighted by Gasteiger charge is -2.36. The van der Waals surface area contributed by atoms with E-state index in [0.29, 0.717) is 38.6 Å². The van der Waals surface area contributed by atoms with Gasteiger partial charge < -0.3 is 24.4 Å². The Balaban J connectivity index is 1.54. The monoisotopic (exact) mass is 480 g/mol. The van der Waals surface area contributed by atoms with Crippen molar-refractivity contribution in [1.29, 1.82) is 0 Å². The Hall–Kier alpha value is -3.29. The predicted molar refractivity (Wildman–Crippen MR) is 136 cm³/mol. The zero-order chi connectivity index (χ0) is 24.9. The minimum Gasteiger partial charge on any atom is -0.495 e. The number of anilines is 1. The summed E-state index contributed by atoms with van der Waals surface area (Å²) in [5.41, 5.74) is 0.621. The highest BCUT2D eigenvalue weighted by Gasteiger charge is 2.28. The lowest BCUT2D eigenvalue weighted by Crippen LogP contribution is -2.50. The van der Waals surface area contributed by atoms with Gasteiger partial charge in [0.15, 0.2) is 0 Å². The van der Waals surface area contributed by atoms with E-state index in [0.717, 1.165) is 37.1 Å². The van der Waals surface area contributed by atoms with E-state index < -0.39 is 5.43 Å². The van der Waals surface area contributed by atoms with Gasteiger partial charge in [0.25, 0.3) is 11.8 Å². The Labute approximate surface area is 206 Å². The number of ether oxygens (including phenoxy) is 1. The number of methoxy groups -OCH3 is 1. The van der Waals surface area contributed by atoms with Crippen LogP contribution in [0.5, 0.6) is 5.75 Å². The fourth-order valence-electron chi connectivity index (χ4n) is 5.02. The summed E-state index contributed by atoms with van der Waals surface area (Å²) in [6, 6.07) is 7.93. The van der Waals surface area contributed by atoms with Crippen molar-refractivity contribution in [3.05, 3.63) is 58.0 Å². The SMILES string of the molecule is COc1ccccc1N1CCN(C(=O)c2cn(CC(C)C)cc(C(=O)NC3CCCC3)c2=O)CC1. The molecule has 2 aromatic rings. The fourth-order valence-corrected chi connectivity index (χ4v) is 5.02. The van der Waals surface area contributed by atoms with Crippen molar-refractivity contribution in [3.8, 4) is 5.75 Å². The highest BCUT2D eigenvalue weighted by atomic mass is 16.5. The first-order chi connectivity index (χ1) is 16.9. The molecule has 1 N–H and O–H groups in total. The van der Waals surface area contributed by atoms with Crippen LogP contribution in [0, 0.1) is 5.92 Å². The van der Waals surface area contributed by atoms with Crippen LogP contribution in [0.3, 0.4) is 0 Å². The number of nitrogens with one attached hydrogen (secondary N) is 1. The number of hydrogen-bond donors (Lipinski definition) is 1. The van der Waals surface area contributed by atoms with Gasteiger partial charge in [-0.3, -0.25) is 14.4 Å². The molecule has 188 valence electrons. The molecule has 2 amide bonds. The van der Waals surface area contributed by atoms with Gasteiger partial charge in [0.2, 0.25) is 5.43 Å². The molecule has 0 radical (unpaired) electrons. The third kappa shape index (κ3) is 5.69. The second kappa shape index (κ2) is 11.0. The Morgan fingerprint density at radius 1 is 1.03 bits per heavy atom. The van der Waals surface area contributed by atoms with Crippen molar-refractivity contribution >= 4 is 17.5 Å². The first kappa shape index (κ1) is 24.8. The number of carbonyl (C=O) groups is 2. The third-order valence-corrected chi connectivity index (χ3v) is 6.81. The molecule has 1 aliphatic heterocycles. The number of aromatic nitrogens is 1. The topological polar surface area (TPSA) is 83.9 Å². The lowest BCUT2D eigenvalue weighted by atomic mass is 10.1. The summed E-state index contributed by atoms with van der Waals surface area (Å²) in [7, 11) is 1.65. The minimum absolute atomic E-state index is 0.0519. The third-order valence-electron chi connectivity index (χ3n) is 6.81. The molecule has 2 fully saturated rings. The molecule has 1 saturated heterocycles. The average molecular weight is 481 g/mol. The Bertz CT molecular complexity index is 1110. The van der Waals surface area contributed by atoms with Gasteiger partial charge in [-0.05, 0) is 30.9 Å². The Kier molecular flexibility index (Phi) is 7.78. The van der Waals surface area contributed by atoms with Crippen LogP contribution >= 0.6 is 0 Å². The molecular formula is C27H36N4O4. The average Bonchev–Trinajstić information content (AvgIpc) is 3.37. The summed E-state index contributed by atoms with van der Waals surface area (Å²) < 4.78 is 7.29. The van der Waals surface area contributed by atoms with Crippen molar-refractivity contribution in [2.45, 2.75) is 52.1 Å². The lowest BCUT2D eigenvalue weighted by molar-refractivity contribution is 0.0744. The normalized spacial score (nSPS) is 16.6. The quantitative estimate of drug-likeness (QED) is 0.658. The van der Waals surface area contributed by atoms with E-state index >= 15 is 0 Å². The van der Waals surface area contributed by atoms with E-state index in [4.69, 9.17) is 4.74 Å². The molecule has 1 saturated carbocycles. The van der Waals surface area contributed by atoms with Crippen LogP contribution in [-0.4, -0.2) is 60.6 Å². The van der Waals surface area contributed by atoms with E-state index in [-0.39, 0.29) is 29.0 Å². The van der Waals surface area contributed by atoms with Crippen molar-refractivity contribution in [3.63, 3.8) is 0 Å². The highest BCUT2D eigenvalue weighted by molar-refractivity contribution is 5.99. The molecule has 2 heterocycles. The summed E-state index contributed by atoms with van der Waals surface area (Å²) in [5, 5.41) is 3.00. The van der Waals surface area contributed by atoms with Crippen molar-refractivity contribution in [1.82, 2.24) is 14.8 Å². The predicted octanol–water partition coefficient (Wildman–Crippen LogP) is 3.15. The number of carbonyl (C=O) groups excluding carboxylic acids is 2. The van der Waals surface area contributed by atoms with Crippen LogP contribution in [0.1, 0.15) is 60.2 Å². The Morgan fingerprint density at radius 2 is 1.69 bits per heavy atom. The van der Waals surface area contributed by atoms with Gasteiger partial charge in [0, 0.05) is 51.2 Å². The van der Waals surface area contributed by atoms with E-state index in [2.05, 4.69) is 24.1 Å². The molecule has 0 atom stereocenters. The molecule has 8 heteroatoms. The number of nitrogens with zero attached hydrogens (tertiary/aromatic N) is 3. The molecule has 0 spiro atoms. The number of rotatable bonds is 7. The van der Waals surface area contributed by atoms with Gasteiger partial charge in [0.1, 0.15) is 16.9 Å².